The van der Waals surface area contributed by atoms with Gasteiger partial charge in [-0.2, -0.15) is 4.39 Å². The molecule has 0 aliphatic carbocycles. The maximum Gasteiger partial charge on any atom is 0.213 e. The number of halogens is 1. The second kappa shape index (κ2) is 3.30. The normalized spacial score (nSPS) is 9.80. The van der Waals surface area contributed by atoms with Gasteiger partial charge in [0.05, 0.1) is 0 Å². The van der Waals surface area contributed by atoms with Gasteiger partial charge in [0.25, 0.3) is 0 Å². The number of hydrogen-bond acceptors (Lipinski definition) is 1. The summed E-state index contributed by atoms with van der Waals surface area (Å²) < 4.78 is 12.4. The third-order valence-corrected chi connectivity index (χ3v) is 1.33. The molecule has 0 unspecified atom stereocenters. The van der Waals surface area contributed by atoms with Gasteiger partial charge < -0.3 is 0 Å². The minimum absolute atomic E-state index is 0.383. The van der Waals surface area contributed by atoms with Crippen LogP contribution in [0, 0.1) is 5.95 Å². The summed E-state index contributed by atoms with van der Waals surface area (Å²) >= 11 is 0. The zero-order valence-corrected chi connectivity index (χ0v) is 5.97. The first-order valence-electron chi connectivity index (χ1n) is 3.43. The number of aryl methyl sites for hydroxylation is 1. The van der Waals surface area contributed by atoms with Gasteiger partial charge in [0.1, 0.15) is 0 Å². The van der Waals surface area contributed by atoms with Crippen LogP contribution in [-0.4, -0.2) is 4.98 Å². The molecule has 1 nitrogen and oxygen atoms in total. The molecule has 1 heterocycles. The van der Waals surface area contributed by atoms with Crippen molar-refractivity contribution in [1.82, 2.24) is 4.98 Å². The molecule has 0 radical (unpaired) electrons. The van der Waals surface area contributed by atoms with Crippen LogP contribution in [0.2, 0.25) is 0 Å². The lowest BCUT2D eigenvalue weighted by atomic mass is 10.2. The van der Waals surface area contributed by atoms with Gasteiger partial charge in [0, 0.05) is 6.20 Å². The Bertz CT molecular complexity index is 210. The van der Waals surface area contributed by atoms with Crippen molar-refractivity contribution in [2.45, 2.75) is 19.8 Å². The standard InChI is InChI=1S/C8H10FN/c1-2-3-7-4-5-10-8(9)6-7/h4-6H,2-3H2,1H3. The van der Waals surface area contributed by atoms with Crippen LogP contribution in [0.3, 0.4) is 0 Å². The van der Waals surface area contributed by atoms with Crippen molar-refractivity contribution < 1.29 is 4.39 Å². The third-order valence-electron chi connectivity index (χ3n) is 1.33. The van der Waals surface area contributed by atoms with E-state index in [0.29, 0.717) is 0 Å². The van der Waals surface area contributed by atoms with E-state index in [2.05, 4.69) is 11.9 Å². The van der Waals surface area contributed by atoms with Crippen LogP contribution in [-0.2, 0) is 6.42 Å². The fourth-order valence-corrected chi connectivity index (χ4v) is 0.887. The van der Waals surface area contributed by atoms with Crippen molar-refractivity contribution in [3.8, 4) is 0 Å². The van der Waals surface area contributed by atoms with Crippen molar-refractivity contribution >= 4 is 0 Å². The molecule has 54 valence electrons. The van der Waals surface area contributed by atoms with Crippen LogP contribution in [0.5, 0.6) is 0 Å². The maximum atomic E-state index is 12.4. The highest BCUT2D eigenvalue weighted by Gasteiger charge is 1.92. The topological polar surface area (TPSA) is 12.9 Å². The zero-order valence-electron chi connectivity index (χ0n) is 5.97. The van der Waals surface area contributed by atoms with E-state index in [1.54, 1.807) is 0 Å². The van der Waals surface area contributed by atoms with Crippen LogP contribution in [0.1, 0.15) is 18.9 Å². The Morgan fingerprint density at radius 1 is 1.60 bits per heavy atom. The molecule has 0 saturated carbocycles. The zero-order chi connectivity index (χ0) is 7.40. The average molecular weight is 139 g/mol. The second-order valence-corrected chi connectivity index (χ2v) is 2.24. The minimum atomic E-state index is -0.383. The first-order chi connectivity index (χ1) is 4.83. The molecule has 0 aromatic carbocycles. The first kappa shape index (κ1) is 7.19. The molecule has 10 heavy (non-hydrogen) atoms. The summed E-state index contributed by atoms with van der Waals surface area (Å²) in [5, 5.41) is 0. The molecule has 1 aromatic rings. The lowest BCUT2D eigenvalue weighted by Gasteiger charge is -1.95. The van der Waals surface area contributed by atoms with Gasteiger partial charge in [-0.15, -0.1) is 0 Å². The molecule has 1 aromatic heterocycles. The van der Waals surface area contributed by atoms with E-state index >= 15 is 0 Å². The molecule has 0 spiro atoms. The highest BCUT2D eigenvalue weighted by atomic mass is 19.1. The van der Waals surface area contributed by atoms with Crippen LogP contribution in [0.15, 0.2) is 18.3 Å². The summed E-state index contributed by atoms with van der Waals surface area (Å²) in [6, 6.07) is 3.32. The van der Waals surface area contributed by atoms with E-state index in [-0.39, 0.29) is 5.95 Å². The smallest absolute Gasteiger partial charge is 0.213 e. The molecule has 0 saturated heterocycles. The van der Waals surface area contributed by atoms with Crippen LogP contribution in [0.4, 0.5) is 4.39 Å². The number of aromatic nitrogens is 1. The van der Waals surface area contributed by atoms with Crippen LogP contribution < -0.4 is 0 Å². The highest BCUT2D eigenvalue weighted by molar-refractivity contribution is 5.10. The summed E-state index contributed by atoms with van der Waals surface area (Å²) in [6.07, 6.45) is 3.48. The van der Waals surface area contributed by atoms with E-state index in [1.807, 2.05) is 6.07 Å². The number of pyridine rings is 1. The lowest BCUT2D eigenvalue weighted by Crippen LogP contribution is -1.86. The van der Waals surface area contributed by atoms with E-state index in [0.717, 1.165) is 18.4 Å². The Labute approximate surface area is 59.9 Å². The molecule has 0 fully saturated rings. The van der Waals surface area contributed by atoms with Crippen molar-refractivity contribution in [3.05, 3.63) is 29.8 Å². The van der Waals surface area contributed by atoms with Crippen molar-refractivity contribution in [2.75, 3.05) is 0 Å². The molecule has 0 atom stereocenters. The van der Waals surface area contributed by atoms with Crippen molar-refractivity contribution in [1.29, 1.82) is 0 Å². The number of rotatable bonds is 2. The van der Waals surface area contributed by atoms with Gasteiger partial charge in [-0.05, 0) is 24.1 Å². The predicted octanol–water partition coefficient (Wildman–Crippen LogP) is 2.17. The minimum Gasteiger partial charge on any atom is -0.228 e. The summed E-state index contributed by atoms with van der Waals surface area (Å²) in [5.41, 5.74) is 1.02. The molecular weight excluding hydrogens is 129 g/mol. The molecule has 0 aliphatic rings. The van der Waals surface area contributed by atoms with Gasteiger partial charge in [0.15, 0.2) is 0 Å². The second-order valence-electron chi connectivity index (χ2n) is 2.24. The van der Waals surface area contributed by atoms with E-state index in [9.17, 15) is 4.39 Å². The number of nitrogens with zero attached hydrogens (tertiary/aromatic N) is 1. The van der Waals surface area contributed by atoms with Gasteiger partial charge in [-0.3, -0.25) is 0 Å². The fourth-order valence-electron chi connectivity index (χ4n) is 0.887. The number of hydrogen-bond donors (Lipinski definition) is 0. The molecular formula is C8H10FN. The summed E-state index contributed by atoms with van der Waals surface area (Å²) in [5.74, 6) is -0.383. The Morgan fingerprint density at radius 2 is 2.40 bits per heavy atom. The Kier molecular flexibility index (Phi) is 2.37. The molecule has 0 aliphatic heterocycles. The summed E-state index contributed by atoms with van der Waals surface area (Å²) in [7, 11) is 0. The molecule has 0 bridgehead atoms. The molecule has 1 rings (SSSR count). The largest absolute Gasteiger partial charge is 0.228 e. The predicted molar refractivity (Wildman–Crippen MR) is 38.2 cm³/mol. The van der Waals surface area contributed by atoms with E-state index < -0.39 is 0 Å². The van der Waals surface area contributed by atoms with Gasteiger partial charge in [0.2, 0.25) is 5.95 Å². The monoisotopic (exact) mass is 139 g/mol. The van der Waals surface area contributed by atoms with Gasteiger partial charge >= 0.3 is 0 Å². The highest BCUT2D eigenvalue weighted by Crippen LogP contribution is 2.02. The molecule has 2 heteroatoms. The Morgan fingerprint density at radius 3 is 3.00 bits per heavy atom. The van der Waals surface area contributed by atoms with E-state index in [1.165, 1.54) is 12.3 Å². The van der Waals surface area contributed by atoms with E-state index in [4.69, 9.17) is 0 Å². The fraction of sp³-hybridized carbons (Fsp3) is 0.375. The van der Waals surface area contributed by atoms with Gasteiger partial charge in [-0.25, -0.2) is 4.98 Å². The maximum absolute atomic E-state index is 12.4. The quantitative estimate of drug-likeness (QED) is 0.572. The third kappa shape index (κ3) is 1.79. The molecule has 0 amide bonds. The Balaban J connectivity index is 2.75. The van der Waals surface area contributed by atoms with Crippen LogP contribution in [0.25, 0.3) is 0 Å². The van der Waals surface area contributed by atoms with Crippen molar-refractivity contribution in [2.24, 2.45) is 0 Å². The SMILES string of the molecule is CCCc1ccnc(F)c1. The lowest BCUT2D eigenvalue weighted by molar-refractivity contribution is 0.581. The molecule has 0 N–H and O–H groups in total. The van der Waals surface area contributed by atoms with Crippen LogP contribution >= 0.6 is 0 Å². The summed E-state index contributed by atoms with van der Waals surface area (Å²) in [6.45, 7) is 2.07. The Hall–Kier alpha value is -0.920. The van der Waals surface area contributed by atoms with Crippen molar-refractivity contribution in [3.63, 3.8) is 0 Å². The summed E-state index contributed by atoms with van der Waals surface area (Å²) in [4.78, 5) is 3.46. The first-order valence-corrected chi connectivity index (χ1v) is 3.43. The van der Waals surface area contributed by atoms with Gasteiger partial charge in [-0.1, -0.05) is 13.3 Å². The average Bonchev–Trinajstić information content (AvgIpc) is 1.88.